The fourth-order valence-electron chi connectivity index (χ4n) is 3.03. The number of anilines is 1. The molecule has 8 heteroatoms. The molecule has 0 saturated carbocycles. The van der Waals surface area contributed by atoms with Crippen molar-refractivity contribution in [3.63, 3.8) is 0 Å². The van der Waals surface area contributed by atoms with Crippen LogP contribution in [0.15, 0.2) is 46.9 Å². The molecule has 0 bridgehead atoms. The smallest absolute Gasteiger partial charge is 0.263 e. The van der Waals surface area contributed by atoms with Gasteiger partial charge in [0, 0.05) is 17.6 Å². The molecule has 1 amide bonds. The third kappa shape index (κ3) is 5.48. The molecule has 2 aromatic carbocycles. The molecule has 3 aromatic rings. The highest BCUT2D eigenvalue weighted by Gasteiger charge is 2.24. The van der Waals surface area contributed by atoms with Crippen LogP contribution in [0.4, 0.5) is 5.13 Å². The van der Waals surface area contributed by atoms with E-state index in [1.807, 2.05) is 36.4 Å². The number of halogens is 2. The van der Waals surface area contributed by atoms with Crippen LogP contribution in [0.1, 0.15) is 24.2 Å². The van der Waals surface area contributed by atoms with E-state index < -0.39 is 0 Å². The summed E-state index contributed by atoms with van der Waals surface area (Å²) in [5.74, 6) is 0.479. The maximum Gasteiger partial charge on any atom is 0.263 e. The summed E-state index contributed by atoms with van der Waals surface area (Å²) < 4.78 is 7.46. The lowest BCUT2D eigenvalue weighted by Crippen LogP contribution is -2.39. The Balaban J connectivity index is 0.00000300. The molecule has 0 spiro atoms. The van der Waals surface area contributed by atoms with Gasteiger partial charge in [0.1, 0.15) is 5.75 Å². The first-order valence-electron chi connectivity index (χ1n) is 9.30. The van der Waals surface area contributed by atoms with Crippen molar-refractivity contribution in [3.05, 3.63) is 52.5 Å². The van der Waals surface area contributed by atoms with E-state index in [0.717, 1.165) is 34.3 Å². The minimum Gasteiger partial charge on any atom is -0.496 e. The Kier molecular flexibility index (Phi) is 8.89. The van der Waals surface area contributed by atoms with Crippen LogP contribution in [0.5, 0.6) is 5.75 Å². The van der Waals surface area contributed by atoms with Crippen molar-refractivity contribution in [1.29, 1.82) is 0 Å². The second-order valence-corrected chi connectivity index (χ2v) is 8.22. The van der Waals surface area contributed by atoms with Crippen LogP contribution in [0, 0.1) is 0 Å². The SMILES string of the molecule is CCN(CC)CCN(C(=O)c1ccccc1OC)c1nc2ccc(Br)cc2s1.Cl. The Morgan fingerprint density at radius 3 is 2.55 bits per heavy atom. The Hall–Kier alpha value is -1.67. The number of amides is 1. The number of rotatable bonds is 8. The molecule has 0 aliphatic heterocycles. The van der Waals surface area contributed by atoms with Gasteiger partial charge in [-0.3, -0.25) is 9.69 Å². The van der Waals surface area contributed by atoms with Crippen LogP contribution in [0.25, 0.3) is 10.2 Å². The van der Waals surface area contributed by atoms with Gasteiger partial charge in [0.25, 0.3) is 5.91 Å². The fraction of sp³-hybridized carbons (Fsp3) is 0.333. The number of hydrogen-bond acceptors (Lipinski definition) is 5. The summed E-state index contributed by atoms with van der Waals surface area (Å²) in [5, 5.41) is 0.705. The number of likely N-dealkylation sites (N-methyl/N-ethyl adjacent to an activating group) is 1. The quantitative estimate of drug-likeness (QED) is 0.413. The van der Waals surface area contributed by atoms with E-state index in [0.29, 0.717) is 23.0 Å². The van der Waals surface area contributed by atoms with E-state index in [4.69, 9.17) is 9.72 Å². The molecule has 156 valence electrons. The van der Waals surface area contributed by atoms with E-state index >= 15 is 0 Å². The van der Waals surface area contributed by atoms with Crippen LogP contribution >= 0.6 is 39.7 Å². The van der Waals surface area contributed by atoms with Gasteiger partial charge >= 0.3 is 0 Å². The molecule has 0 unspecified atom stereocenters. The lowest BCUT2D eigenvalue weighted by Gasteiger charge is -2.25. The Labute approximate surface area is 190 Å². The number of fused-ring (bicyclic) bond motifs is 1. The average Bonchev–Trinajstić information content (AvgIpc) is 3.13. The number of nitrogens with zero attached hydrogens (tertiary/aromatic N) is 3. The van der Waals surface area contributed by atoms with Gasteiger partial charge in [0.2, 0.25) is 0 Å². The fourth-order valence-corrected chi connectivity index (χ4v) is 4.58. The molecule has 29 heavy (non-hydrogen) atoms. The van der Waals surface area contributed by atoms with Crippen LogP contribution in [-0.2, 0) is 0 Å². The molecule has 1 aromatic heterocycles. The molecule has 0 N–H and O–H groups in total. The largest absolute Gasteiger partial charge is 0.496 e. The van der Waals surface area contributed by atoms with Gasteiger partial charge in [-0.15, -0.1) is 12.4 Å². The first kappa shape index (κ1) is 23.6. The van der Waals surface area contributed by atoms with Crippen molar-refractivity contribution in [2.45, 2.75) is 13.8 Å². The van der Waals surface area contributed by atoms with Gasteiger partial charge < -0.3 is 9.64 Å². The molecule has 0 fully saturated rings. The zero-order chi connectivity index (χ0) is 20.1. The minimum absolute atomic E-state index is 0. The van der Waals surface area contributed by atoms with Gasteiger partial charge in [-0.2, -0.15) is 0 Å². The second kappa shape index (κ2) is 10.9. The number of para-hydroxylation sites is 1. The number of methoxy groups -OCH3 is 1. The van der Waals surface area contributed by atoms with Crippen LogP contribution < -0.4 is 9.64 Å². The summed E-state index contributed by atoms with van der Waals surface area (Å²) in [4.78, 5) is 22.2. The maximum absolute atomic E-state index is 13.4. The summed E-state index contributed by atoms with van der Waals surface area (Å²) >= 11 is 5.03. The predicted molar refractivity (Wildman–Crippen MR) is 127 cm³/mol. The number of carbonyl (C=O) groups is 1. The zero-order valence-electron chi connectivity index (χ0n) is 16.7. The van der Waals surface area contributed by atoms with Crippen molar-refractivity contribution < 1.29 is 9.53 Å². The molecule has 0 atom stereocenters. The normalized spacial score (nSPS) is 10.8. The lowest BCUT2D eigenvalue weighted by atomic mass is 10.1. The maximum atomic E-state index is 13.4. The first-order valence-corrected chi connectivity index (χ1v) is 10.9. The van der Waals surface area contributed by atoms with E-state index in [1.54, 1.807) is 18.1 Å². The van der Waals surface area contributed by atoms with Crippen molar-refractivity contribution in [1.82, 2.24) is 9.88 Å². The third-order valence-electron chi connectivity index (χ3n) is 4.69. The number of thiazole rings is 1. The number of carbonyl (C=O) groups excluding carboxylic acids is 1. The van der Waals surface area contributed by atoms with E-state index in [1.165, 1.54) is 11.3 Å². The van der Waals surface area contributed by atoms with Crippen molar-refractivity contribution in [2.24, 2.45) is 0 Å². The molecule has 0 aliphatic carbocycles. The van der Waals surface area contributed by atoms with E-state index in [2.05, 4.69) is 34.7 Å². The number of benzene rings is 2. The molecular weight excluding hydrogens is 474 g/mol. The number of ether oxygens (including phenoxy) is 1. The Morgan fingerprint density at radius 1 is 1.14 bits per heavy atom. The van der Waals surface area contributed by atoms with E-state index in [9.17, 15) is 4.79 Å². The van der Waals surface area contributed by atoms with Crippen LogP contribution in [0.2, 0.25) is 0 Å². The summed E-state index contributed by atoms with van der Waals surface area (Å²) in [7, 11) is 1.58. The molecule has 5 nitrogen and oxygen atoms in total. The topological polar surface area (TPSA) is 45.7 Å². The predicted octanol–water partition coefficient (Wildman–Crippen LogP) is 5.48. The number of aromatic nitrogens is 1. The van der Waals surface area contributed by atoms with Crippen LogP contribution in [-0.4, -0.2) is 49.1 Å². The summed E-state index contributed by atoms with van der Waals surface area (Å²) in [5.41, 5.74) is 1.44. The van der Waals surface area contributed by atoms with Gasteiger partial charge in [0.05, 0.1) is 22.9 Å². The third-order valence-corrected chi connectivity index (χ3v) is 6.22. The highest BCUT2D eigenvalue weighted by Crippen LogP contribution is 2.32. The first-order chi connectivity index (χ1) is 13.6. The molecular formula is C21H25BrClN3O2S. The summed E-state index contributed by atoms with van der Waals surface area (Å²) in [6.45, 7) is 7.50. The van der Waals surface area contributed by atoms with Gasteiger partial charge in [-0.1, -0.05) is 53.2 Å². The van der Waals surface area contributed by atoms with Crippen molar-refractivity contribution in [2.75, 3.05) is 38.2 Å². The highest BCUT2D eigenvalue weighted by atomic mass is 79.9. The highest BCUT2D eigenvalue weighted by molar-refractivity contribution is 9.10. The Morgan fingerprint density at radius 2 is 1.86 bits per heavy atom. The Bertz CT molecular complexity index is 962. The standard InChI is InChI=1S/C21H24BrN3O2S.ClH/c1-4-24(5-2)12-13-25(20(26)16-8-6-7-9-18(16)27-3)21-23-17-11-10-15(22)14-19(17)28-21;/h6-11,14H,4-5,12-13H2,1-3H3;1H. The molecule has 3 rings (SSSR count). The van der Waals surface area contributed by atoms with Crippen molar-refractivity contribution >= 4 is 60.9 Å². The summed E-state index contributed by atoms with van der Waals surface area (Å²) in [6, 6.07) is 13.3. The van der Waals surface area contributed by atoms with Gasteiger partial charge in [-0.05, 0) is 43.4 Å². The molecule has 0 radical (unpaired) electrons. The lowest BCUT2D eigenvalue weighted by molar-refractivity contribution is 0.0981. The zero-order valence-corrected chi connectivity index (χ0v) is 19.9. The molecule has 0 aliphatic rings. The average molecular weight is 499 g/mol. The molecule has 1 heterocycles. The summed E-state index contributed by atoms with van der Waals surface area (Å²) in [6.07, 6.45) is 0. The molecule has 0 saturated heterocycles. The second-order valence-electron chi connectivity index (χ2n) is 6.29. The monoisotopic (exact) mass is 497 g/mol. The van der Waals surface area contributed by atoms with E-state index in [-0.39, 0.29) is 18.3 Å². The van der Waals surface area contributed by atoms with Gasteiger partial charge in [-0.25, -0.2) is 4.98 Å². The minimum atomic E-state index is -0.0947. The van der Waals surface area contributed by atoms with Gasteiger partial charge in [0.15, 0.2) is 5.13 Å². The van der Waals surface area contributed by atoms with Crippen molar-refractivity contribution in [3.8, 4) is 5.75 Å². The number of hydrogen-bond donors (Lipinski definition) is 0. The van der Waals surface area contributed by atoms with Crippen LogP contribution in [0.3, 0.4) is 0 Å².